The van der Waals surface area contributed by atoms with E-state index in [1.807, 2.05) is 0 Å². The van der Waals surface area contributed by atoms with E-state index in [1.165, 1.54) is 16.3 Å². The van der Waals surface area contributed by atoms with Gasteiger partial charge in [-0.3, -0.25) is 0 Å². The lowest BCUT2D eigenvalue weighted by atomic mass is 9.81. The molecular weight excluding hydrogens is 278 g/mol. The molecule has 0 aliphatic rings. The fourth-order valence-electron chi connectivity index (χ4n) is 3.17. The minimum Gasteiger partial charge on any atom is -0.308 e. The van der Waals surface area contributed by atoms with Crippen molar-refractivity contribution in [1.29, 1.82) is 0 Å². The van der Waals surface area contributed by atoms with Crippen LogP contribution in [0.2, 0.25) is 0 Å². The molecule has 0 unspecified atom stereocenters. The summed E-state index contributed by atoms with van der Waals surface area (Å²) in [6.45, 7) is 12.4. The normalized spacial score (nSPS) is 12.2. The predicted octanol–water partition coefficient (Wildman–Crippen LogP) is 5.57. The van der Waals surface area contributed by atoms with Crippen molar-refractivity contribution in [2.45, 2.75) is 53.1 Å². The van der Waals surface area contributed by atoms with Gasteiger partial charge in [0.05, 0.1) is 0 Å². The van der Waals surface area contributed by atoms with Gasteiger partial charge in [-0.15, -0.1) is 12.4 Å². The second-order valence-electron chi connectivity index (χ2n) is 7.61. The lowest BCUT2D eigenvalue weighted by Gasteiger charge is -2.33. The summed E-state index contributed by atoms with van der Waals surface area (Å²) >= 11 is 0. The Morgan fingerprint density at radius 3 is 2.14 bits per heavy atom. The molecule has 0 spiro atoms. The summed E-state index contributed by atoms with van der Waals surface area (Å²) in [6.07, 6.45) is 1.16. The fraction of sp³-hybridized carbons (Fsp3) is 0.474. The van der Waals surface area contributed by atoms with E-state index in [1.54, 1.807) is 0 Å². The van der Waals surface area contributed by atoms with Gasteiger partial charge in [0.1, 0.15) is 0 Å². The first-order valence-corrected chi connectivity index (χ1v) is 7.49. The SMILES string of the molecule is CC(C)(C)CC(C)(C)NCc1cccc2ccccc12.Cl. The Kier molecular flexibility index (Phi) is 5.83. The maximum absolute atomic E-state index is 3.72. The number of nitrogens with one attached hydrogen (secondary N) is 1. The van der Waals surface area contributed by atoms with Gasteiger partial charge in [0.2, 0.25) is 0 Å². The average molecular weight is 306 g/mol. The van der Waals surface area contributed by atoms with Gasteiger partial charge >= 0.3 is 0 Å². The maximum Gasteiger partial charge on any atom is 0.0216 e. The second kappa shape index (κ2) is 6.81. The van der Waals surface area contributed by atoms with Crippen LogP contribution < -0.4 is 5.32 Å². The Balaban J connectivity index is 0.00000220. The van der Waals surface area contributed by atoms with E-state index in [0.717, 1.165) is 13.0 Å². The van der Waals surface area contributed by atoms with Crippen LogP contribution in [0.4, 0.5) is 0 Å². The molecular formula is C19H28ClN. The lowest BCUT2D eigenvalue weighted by molar-refractivity contribution is 0.241. The second-order valence-corrected chi connectivity index (χ2v) is 7.61. The minimum absolute atomic E-state index is 0. The number of rotatable bonds is 4. The molecule has 0 aliphatic heterocycles. The van der Waals surface area contributed by atoms with Crippen molar-refractivity contribution >= 4 is 23.2 Å². The number of hydrogen-bond donors (Lipinski definition) is 1. The summed E-state index contributed by atoms with van der Waals surface area (Å²) in [5, 5.41) is 6.40. The zero-order valence-corrected chi connectivity index (χ0v) is 14.7. The van der Waals surface area contributed by atoms with Crippen LogP contribution in [0.3, 0.4) is 0 Å². The summed E-state index contributed by atoms with van der Waals surface area (Å²) < 4.78 is 0. The number of fused-ring (bicyclic) bond motifs is 1. The largest absolute Gasteiger partial charge is 0.308 e. The average Bonchev–Trinajstić information content (AvgIpc) is 2.33. The van der Waals surface area contributed by atoms with Gasteiger partial charge < -0.3 is 5.32 Å². The lowest BCUT2D eigenvalue weighted by Crippen LogP contribution is -2.41. The van der Waals surface area contributed by atoms with Crippen LogP contribution in [0.25, 0.3) is 10.8 Å². The van der Waals surface area contributed by atoms with Gasteiger partial charge in [0.25, 0.3) is 0 Å². The van der Waals surface area contributed by atoms with Gasteiger partial charge in [-0.1, -0.05) is 63.2 Å². The standard InChI is InChI=1S/C19H27N.ClH/c1-18(2,3)14-19(4,5)20-13-16-11-8-10-15-9-6-7-12-17(15)16;/h6-12,20H,13-14H2,1-5H3;1H. The smallest absolute Gasteiger partial charge is 0.0216 e. The first-order chi connectivity index (χ1) is 9.27. The third kappa shape index (κ3) is 5.33. The monoisotopic (exact) mass is 305 g/mol. The predicted molar refractivity (Wildman–Crippen MR) is 96.2 cm³/mol. The summed E-state index contributed by atoms with van der Waals surface area (Å²) in [7, 11) is 0. The van der Waals surface area contributed by atoms with Gasteiger partial charge in [-0.2, -0.15) is 0 Å². The van der Waals surface area contributed by atoms with Crippen molar-refractivity contribution in [1.82, 2.24) is 5.32 Å². The molecule has 0 aliphatic carbocycles. The van der Waals surface area contributed by atoms with Gasteiger partial charge in [0, 0.05) is 12.1 Å². The molecule has 0 fully saturated rings. The van der Waals surface area contributed by atoms with E-state index in [2.05, 4.69) is 82.4 Å². The molecule has 0 aromatic heterocycles. The Morgan fingerprint density at radius 1 is 0.857 bits per heavy atom. The van der Waals surface area contributed by atoms with Crippen LogP contribution in [-0.4, -0.2) is 5.54 Å². The van der Waals surface area contributed by atoms with Gasteiger partial charge in [-0.05, 0) is 42.0 Å². The molecule has 1 N–H and O–H groups in total. The van der Waals surface area contributed by atoms with Crippen molar-refractivity contribution in [2.24, 2.45) is 5.41 Å². The van der Waals surface area contributed by atoms with Crippen molar-refractivity contribution in [3.05, 3.63) is 48.0 Å². The molecule has 0 amide bonds. The minimum atomic E-state index is 0. The van der Waals surface area contributed by atoms with Crippen LogP contribution >= 0.6 is 12.4 Å². The van der Waals surface area contributed by atoms with Crippen molar-refractivity contribution in [3.63, 3.8) is 0 Å². The highest BCUT2D eigenvalue weighted by molar-refractivity contribution is 5.85. The summed E-state index contributed by atoms with van der Waals surface area (Å²) in [5.74, 6) is 0. The molecule has 0 heterocycles. The molecule has 21 heavy (non-hydrogen) atoms. The Morgan fingerprint density at radius 2 is 1.48 bits per heavy atom. The Hall–Kier alpha value is -1.05. The highest BCUT2D eigenvalue weighted by atomic mass is 35.5. The number of halogens is 1. The Bertz CT molecular complexity index is 576. The molecule has 2 aromatic carbocycles. The van der Waals surface area contributed by atoms with Crippen LogP contribution in [0.5, 0.6) is 0 Å². The molecule has 1 nitrogen and oxygen atoms in total. The fourth-order valence-corrected chi connectivity index (χ4v) is 3.17. The molecule has 0 atom stereocenters. The molecule has 0 saturated carbocycles. The molecule has 0 radical (unpaired) electrons. The highest BCUT2D eigenvalue weighted by Gasteiger charge is 2.24. The van der Waals surface area contributed by atoms with Gasteiger partial charge in [-0.25, -0.2) is 0 Å². The molecule has 2 aromatic rings. The summed E-state index contributed by atoms with van der Waals surface area (Å²) in [4.78, 5) is 0. The molecule has 2 rings (SSSR count). The van der Waals surface area contributed by atoms with Crippen LogP contribution in [0, 0.1) is 5.41 Å². The number of benzene rings is 2. The summed E-state index contributed by atoms with van der Waals surface area (Å²) in [5.41, 5.74) is 1.87. The van der Waals surface area contributed by atoms with Crippen molar-refractivity contribution in [2.75, 3.05) is 0 Å². The van der Waals surface area contributed by atoms with E-state index in [9.17, 15) is 0 Å². The maximum atomic E-state index is 3.72. The van der Waals surface area contributed by atoms with E-state index in [0.29, 0.717) is 5.41 Å². The molecule has 0 saturated heterocycles. The van der Waals surface area contributed by atoms with Crippen LogP contribution in [-0.2, 0) is 6.54 Å². The van der Waals surface area contributed by atoms with E-state index < -0.39 is 0 Å². The van der Waals surface area contributed by atoms with Crippen molar-refractivity contribution < 1.29 is 0 Å². The quantitative estimate of drug-likeness (QED) is 0.779. The van der Waals surface area contributed by atoms with Crippen molar-refractivity contribution in [3.8, 4) is 0 Å². The van der Waals surface area contributed by atoms with E-state index >= 15 is 0 Å². The third-order valence-electron chi connectivity index (χ3n) is 3.61. The molecule has 116 valence electrons. The third-order valence-corrected chi connectivity index (χ3v) is 3.61. The van der Waals surface area contributed by atoms with Gasteiger partial charge in [0.15, 0.2) is 0 Å². The van der Waals surface area contributed by atoms with Crippen LogP contribution in [0.1, 0.15) is 46.6 Å². The number of hydrogen-bond acceptors (Lipinski definition) is 1. The van der Waals surface area contributed by atoms with Crippen LogP contribution in [0.15, 0.2) is 42.5 Å². The highest BCUT2D eigenvalue weighted by Crippen LogP contribution is 2.27. The summed E-state index contributed by atoms with van der Waals surface area (Å²) in [6, 6.07) is 15.2. The zero-order valence-electron chi connectivity index (χ0n) is 13.9. The Labute approximate surface area is 135 Å². The molecule has 2 heteroatoms. The topological polar surface area (TPSA) is 12.0 Å². The van der Waals surface area contributed by atoms with E-state index in [4.69, 9.17) is 0 Å². The first kappa shape index (κ1) is 18.0. The first-order valence-electron chi connectivity index (χ1n) is 7.49. The zero-order chi connectivity index (χ0) is 14.8. The molecule has 0 bridgehead atoms. The van der Waals surface area contributed by atoms with E-state index in [-0.39, 0.29) is 17.9 Å².